The van der Waals surface area contributed by atoms with Crippen molar-refractivity contribution in [2.45, 2.75) is 19.8 Å². The van der Waals surface area contributed by atoms with E-state index in [9.17, 15) is 13.2 Å². The average molecular weight is 400 g/mol. The van der Waals surface area contributed by atoms with Crippen LogP contribution in [-0.2, 0) is 12.8 Å². The van der Waals surface area contributed by atoms with Crippen LogP contribution in [0.4, 0.5) is 13.2 Å². The predicted octanol–water partition coefficient (Wildman–Crippen LogP) is 6.75. The number of hydrogen-bond acceptors (Lipinski definition) is 0. The maximum absolute atomic E-state index is 14.0. The lowest BCUT2D eigenvalue weighted by molar-refractivity contribution is 0.511. The molecular weight excluding hydrogens is 381 g/mol. The normalized spacial score (nSPS) is 10.7. The zero-order chi connectivity index (χ0) is 21.1. The van der Waals surface area contributed by atoms with Gasteiger partial charge in [-0.3, -0.25) is 0 Å². The standard InChI is InChI=1S/C27H19F3/c1-18-2-11-22(25(28)14-18)12-9-20-5-3-19(4-6-20)7-8-21-10-13-23-16-26(29)27(30)17-24(23)15-21/h2-6,10-11,13-17H,9,12H2,1H3. The molecule has 3 heteroatoms. The molecule has 0 atom stereocenters. The van der Waals surface area contributed by atoms with E-state index in [1.165, 1.54) is 12.1 Å². The van der Waals surface area contributed by atoms with Gasteiger partial charge in [-0.15, -0.1) is 0 Å². The molecule has 0 aliphatic carbocycles. The molecule has 0 amide bonds. The van der Waals surface area contributed by atoms with Crippen LogP contribution in [0, 0.1) is 36.2 Å². The molecule has 148 valence electrons. The molecule has 4 aromatic rings. The Morgan fingerprint density at radius 1 is 0.600 bits per heavy atom. The molecule has 0 N–H and O–H groups in total. The number of benzene rings is 4. The molecule has 0 saturated heterocycles. The van der Waals surface area contributed by atoms with Crippen LogP contribution in [0.15, 0.2) is 72.8 Å². The summed E-state index contributed by atoms with van der Waals surface area (Å²) in [7, 11) is 0. The summed E-state index contributed by atoms with van der Waals surface area (Å²) in [6.45, 7) is 1.88. The fourth-order valence-corrected chi connectivity index (χ4v) is 3.35. The lowest BCUT2D eigenvalue weighted by atomic mass is 10.0. The van der Waals surface area contributed by atoms with Crippen LogP contribution >= 0.6 is 0 Å². The molecule has 0 fully saturated rings. The van der Waals surface area contributed by atoms with E-state index in [4.69, 9.17) is 0 Å². The molecule has 0 heterocycles. The van der Waals surface area contributed by atoms with Gasteiger partial charge in [0.2, 0.25) is 0 Å². The third kappa shape index (κ3) is 4.55. The van der Waals surface area contributed by atoms with Crippen molar-refractivity contribution in [1.82, 2.24) is 0 Å². The molecule has 0 bridgehead atoms. The quantitative estimate of drug-likeness (QED) is 0.334. The second kappa shape index (κ2) is 8.47. The smallest absolute Gasteiger partial charge is 0.159 e. The molecule has 0 unspecified atom stereocenters. The van der Waals surface area contributed by atoms with Gasteiger partial charge in [-0.1, -0.05) is 42.2 Å². The van der Waals surface area contributed by atoms with Gasteiger partial charge in [-0.05, 0) is 89.7 Å². The summed E-state index contributed by atoms with van der Waals surface area (Å²) in [4.78, 5) is 0. The van der Waals surface area contributed by atoms with Crippen molar-refractivity contribution in [2.24, 2.45) is 0 Å². The summed E-state index contributed by atoms with van der Waals surface area (Å²) in [5.74, 6) is 4.27. The summed E-state index contributed by atoms with van der Waals surface area (Å²) in [6, 6.07) is 20.8. The maximum Gasteiger partial charge on any atom is 0.159 e. The lowest BCUT2D eigenvalue weighted by Crippen LogP contribution is -1.95. The van der Waals surface area contributed by atoms with Crippen molar-refractivity contribution < 1.29 is 13.2 Å². The minimum Gasteiger partial charge on any atom is -0.207 e. The number of fused-ring (bicyclic) bond motifs is 1. The predicted molar refractivity (Wildman–Crippen MR) is 115 cm³/mol. The number of rotatable bonds is 3. The van der Waals surface area contributed by atoms with E-state index in [1.54, 1.807) is 24.3 Å². The molecule has 0 spiro atoms. The fraction of sp³-hybridized carbons (Fsp3) is 0.111. The van der Waals surface area contributed by atoms with Crippen molar-refractivity contribution in [3.8, 4) is 11.8 Å². The van der Waals surface area contributed by atoms with Gasteiger partial charge in [0.25, 0.3) is 0 Å². The van der Waals surface area contributed by atoms with Crippen LogP contribution in [0.5, 0.6) is 0 Å². The third-order valence-electron chi connectivity index (χ3n) is 5.08. The fourth-order valence-electron chi connectivity index (χ4n) is 3.35. The van der Waals surface area contributed by atoms with E-state index >= 15 is 0 Å². The van der Waals surface area contributed by atoms with Gasteiger partial charge in [0.1, 0.15) is 5.82 Å². The third-order valence-corrected chi connectivity index (χ3v) is 5.08. The first-order chi connectivity index (χ1) is 14.5. The zero-order valence-electron chi connectivity index (χ0n) is 16.5. The van der Waals surface area contributed by atoms with Gasteiger partial charge in [0.05, 0.1) is 0 Å². The Labute approximate surface area is 174 Å². The highest BCUT2D eigenvalue weighted by molar-refractivity contribution is 5.84. The average Bonchev–Trinajstić information content (AvgIpc) is 2.73. The van der Waals surface area contributed by atoms with Crippen LogP contribution in [0.3, 0.4) is 0 Å². The molecule has 0 nitrogen and oxygen atoms in total. The lowest BCUT2D eigenvalue weighted by Gasteiger charge is -2.05. The molecule has 30 heavy (non-hydrogen) atoms. The Kier molecular flexibility index (Phi) is 5.59. The van der Waals surface area contributed by atoms with E-state index < -0.39 is 11.6 Å². The van der Waals surface area contributed by atoms with E-state index in [2.05, 4.69) is 11.8 Å². The Bertz CT molecular complexity index is 1280. The van der Waals surface area contributed by atoms with Crippen molar-refractivity contribution in [2.75, 3.05) is 0 Å². The number of aryl methyl sites for hydroxylation is 3. The van der Waals surface area contributed by atoms with Crippen LogP contribution in [0.25, 0.3) is 10.8 Å². The first kappa shape index (κ1) is 19.8. The minimum atomic E-state index is -0.867. The summed E-state index contributed by atoms with van der Waals surface area (Å²) < 4.78 is 40.7. The highest BCUT2D eigenvalue weighted by Crippen LogP contribution is 2.20. The largest absolute Gasteiger partial charge is 0.207 e. The van der Waals surface area contributed by atoms with Gasteiger partial charge >= 0.3 is 0 Å². The number of hydrogen-bond donors (Lipinski definition) is 0. The Morgan fingerprint density at radius 2 is 1.27 bits per heavy atom. The van der Waals surface area contributed by atoms with E-state index in [-0.39, 0.29) is 5.82 Å². The first-order valence-electron chi connectivity index (χ1n) is 9.73. The van der Waals surface area contributed by atoms with Crippen molar-refractivity contribution >= 4 is 10.8 Å². The van der Waals surface area contributed by atoms with Gasteiger partial charge < -0.3 is 0 Å². The Balaban J connectivity index is 1.45. The highest BCUT2D eigenvalue weighted by atomic mass is 19.2. The summed E-state index contributed by atoms with van der Waals surface area (Å²) in [5.41, 5.74) is 4.33. The summed E-state index contributed by atoms with van der Waals surface area (Å²) in [5, 5.41) is 1.24. The van der Waals surface area contributed by atoms with Gasteiger partial charge in [-0.2, -0.15) is 0 Å². The van der Waals surface area contributed by atoms with E-state index in [0.717, 1.165) is 34.2 Å². The van der Waals surface area contributed by atoms with Crippen molar-refractivity contribution in [3.05, 3.63) is 118 Å². The molecule has 0 aliphatic rings. The molecule has 0 radical (unpaired) electrons. The monoisotopic (exact) mass is 400 g/mol. The summed E-state index contributed by atoms with van der Waals surface area (Å²) in [6.07, 6.45) is 1.39. The topological polar surface area (TPSA) is 0 Å². The minimum absolute atomic E-state index is 0.157. The SMILES string of the molecule is Cc1ccc(CCc2ccc(C#Cc3ccc4cc(F)c(F)cc4c3)cc2)c(F)c1. The molecule has 0 saturated carbocycles. The highest BCUT2D eigenvalue weighted by Gasteiger charge is 2.05. The van der Waals surface area contributed by atoms with Crippen LogP contribution in [0.2, 0.25) is 0 Å². The molecule has 4 aromatic carbocycles. The number of halogens is 3. The van der Waals surface area contributed by atoms with E-state index in [1.807, 2.05) is 43.3 Å². The second-order valence-electron chi connectivity index (χ2n) is 7.37. The van der Waals surface area contributed by atoms with Gasteiger partial charge in [-0.25, -0.2) is 13.2 Å². The second-order valence-corrected chi connectivity index (χ2v) is 7.37. The molecule has 0 aliphatic heterocycles. The van der Waals surface area contributed by atoms with Crippen molar-refractivity contribution in [3.63, 3.8) is 0 Å². The van der Waals surface area contributed by atoms with Crippen LogP contribution < -0.4 is 0 Å². The van der Waals surface area contributed by atoms with Gasteiger partial charge in [0.15, 0.2) is 11.6 Å². The van der Waals surface area contributed by atoms with Crippen molar-refractivity contribution in [1.29, 1.82) is 0 Å². The maximum atomic E-state index is 14.0. The Hall–Kier alpha value is -3.51. The van der Waals surface area contributed by atoms with Crippen LogP contribution in [0.1, 0.15) is 27.8 Å². The van der Waals surface area contributed by atoms with E-state index in [0.29, 0.717) is 17.2 Å². The Morgan fingerprint density at radius 3 is 2.00 bits per heavy atom. The molecular formula is C27H19F3. The molecule has 0 aromatic heterocycles. The summed E-state index contributed by atoms with van der Waals surface area (Å²) >= 11 is 0. The molecule has 4 rings (SSSR count). The van der Waals surface area contributed by atoms with Gasteiger partial charge in [0, 0.05) is 11.1 Å². The first-order valence-corrected chi connectivity index (χ1v) is 9.73. The zero-order valence-corrected chi connectivity index (χ0v) is 16.5. The van der Waals surface area contributed by atoms with Crippen LogP contribution in [-0.4, -0.2) is 0 Å².